The van der Waals surface area contributed by atoms with Gasteiger partial charge >= 0.3 is 0 Å². The number of aromatic nitrogens is 3. The number of hydrogen-bond donors (Lipinski definition) is 2. The van der Waals surface area contributed by atoms with E-state index in [0.717, 1.165) is 35.9 Å². The highest BCUT2D eigenvalue weighted by atomic mass is 79.9. The van der Waals surface area contributed by atoms with Crippen molar-refractivity contribution in [1.29, 1.82) is 0 Å². The summed E-state index contributed by atoms with van der Waals surface area (Å²) < 4.78 is 2.68. The van der Waals surface area contributed by atoms with Gasteiger partial charge in [-0.25, -0.2) is 4.52 Å². The average molecular weight is 311 g/mol. The fourth-order valence-corrected chi connectivity index (χ4v) is 2.84. The second-order valence-corrected chi connectivity index (χ2v) is 5.63. The standard InChI is InChI=1S/C12H15BrN4O/c13-10-2-1-5-17-11(10)15-12(16-17)14-7-8-3-4-9(18)6-8/h1-2,5,8-9,18H,3-4,6-7H2,(H,14,16). The van der Waals surface area contributed by atoms with Crippen LogP contribution in [-0.4, -0.2) is 32.4 Å². The van der Waals surface area contributed by atoms with E-state index >= 15 is 0 Å². The molecule has 0 saturated heterocycles. The van der Waals surface area contributed by atoms with Crippen LogP contribution in [-0.2, 0) is 0 Å². The summed E-state index contributed by atoms with van der Waals surface area (Å²) in [6.45, 7) is 0.825. The minimum absolute atomic E-state index is 0.125. The highest BCUT2D eigenvalue weighted by Gasteiger charge is 2.22. The topological polar surface area (TPSA) is 62.5 Å². The number of anilines is 1. The maximum atomic E-state index is 9.48. The van der Waals surface area contributed by atoms with Crippen LogP contribution in [0, 0.1) is 5.92 Å². The predicted octanol–water partition coefficient (Wildman–Crippen LogP) is 2.06. The van der Waals surface area contributed by atoms with Crippen LogP contribution in [0.1, 0.15) is 19.3 Å². The molecule has 96 valence electrons. The molecule has 2 atom stereocenters. The minimum atomic E-state index is -0.125. The fourth-order valence-electron chi connectivity index (χ4n) is 2.42. The molecule has 0 amide bonds. The molecule has 2 aromatic rings. The van der Waals surface area contributed by atoms with Gasteiger partial charge in [0.1, 0.15) is 0 Å². The Labute approximate surface area is 113 Å². The summed E-state index contributed by atoms with van der Waals surface area (Å²) in [5.74, 6) is 1.17. The molecule has 6 heteroatoms. The Kier molecular flexibility index (Phi) is 3.22. The van der Waals surface area contributed by atoms with E-state index in [2.05, 4.69) is 31.3 Å². The van der Waals surface area contributed by atoms with Gasteiger partial charge in [-0.3, -0.25) is 0 Å². The van der Waals surface area contributed by atoms with Crippen LogP contribution in [0.15, 0.2) is 22.8 Å². The molecular formula is C12H15BrN4O. The van der Waals surface area contributed by atoms with E-state index in [4.69, 9.17) is 0 Å². The molecule has 0 radical (unpaired) electrons. The molecule has 0 aromatic carbocycles. The van der Waals surface area contributed by atoms with Crippen molar-refractivity contribution >= 4 is 27.5 Å². The summed E-state index contributed by atoms with van der Waals surface area (Å²) in [6, 6.07) is 3.87. The number of fused-ring (bicyclic) bond motifs is 1. The summed E-state index contributed by atoms with van der Waals surface area (Å²) in [4.78, 5) is 4.42. The monoisotopic (exact) mass is 310 g/mol. The highest BCUT2D eigenvalue weighted by Crippen LogP contribution is 2.25. The van der Waals surface area contributed by atoms with Crippen LogP contribution in [0.2, 0.25) is 0 Å². The molecule has 1 fully saturated rings. The Hall–Kier alpha value is -1.14. The Morgan fingerprint density at radius 2 is 2.39 bits per heavy atom. The average Bonchev–Trinajstić information content (AvgIpc) is 2.93. The van der Waals surface area contributed by atoms with Crippen LogP contribution in [0.3, 0.4) is 0 Å². The Bertz CT molecular complexity index is 556. The molecule has 2 N–H and O–H groups in total. The lowest BCUT2D eigenvalue weighted by atomic mass is 10.1. The first-order chi connectivity index (χ1) is 8.72. The van der Waals surface area contributed by atoms with E-state index in [-0.39, 0.29) is 6.10 Å². The van der Waals surface area contributed by atoms with Gasteiger partial charge in [0.25, 0.3) is 0 Å². The first kappa shape index (κ1) is 11.9. The lowest BCUT2D eigenvalue weighted by Gasteiger charge is -2.08. The van der Waals surface area contributed by atoms with E-state index in [9.17, 15) is 5.11 Å². The van der Waals surface area contributed by atoms with Crippen molar-refractivity contribution in [2.45, 2.75) is 25.4 Å². The number of aliphatic hydroxyl groups excluding tert-OH is 1. The van der Waals surface area contributed by atoms with Gasteiger partial charge in [0.15, 0.2) is 5.65 Å². The number of rotatable bonds is 3. The lowest BCUT2D eigenvalue weighted by Crippen LogP contribution is -2.13. The van der Waals surface area contributed by atoms with E-state index in [1.54, 1.807) is 4.52 Å². The van der Waals surface area contributed by atoms with Crippen molar-refractivity contribution in [3.8, 4) is 0 Å². The molecule has 3 rings (SSSR count). The SMILES string of the molecule is OC1CCC(CNc2nc3c(Br)cccn3n2)C1. The molecule has 18 heavy (non-hydrogen) atoms. The zero-order valence-corrected chi connectivity index (χ0v) is 11.5. The third-order valence-electron chi connectivity index (χ3n) is 3.38. The number of pyridine rings is 1. The number of aliphatic hydroxyl groups is 1. The van der Waals surface area contributed by atoms with Gasteiger partial charge in [0.2, 0.25) is 5.95 Å². The second kappa shape index (κ2) is 4.85. The van der Waals surface area contributed by atoms with Crippen molar-refractivity contribution < 1.29 is 5.11 Å². The molecule has 0 aliphatic heterocycles. The van der Waals surface area contributed by atoms with E-state index in [1.165, 1.54) is 0 Å². The molecule has 1 aliphatic rings. The maximum absolute atomic E-state index is 9.48. The highest BCUT2D eigenvalue weighted by molar-refractivity contribution is 9.10. The van der Waals surface area contributed by atoms with Gasteiger partial charge in [-0.05, 0) is 53.2 Å². The summed E-state index contributed by atoms with van der Waals surface area (Å²) in [7, 11) is 0. The molecule has 1 aliphatic carbocycles. The smallest absolute Gasteiger partial charge is 0.243 e. The van der Waals surface area contributed by atoms with Gasteiger partial charge in [0.05, 0.1) is 10.6 Å². The van der Waals surface area contributed by atoms with Gasteiger partial charge in [0, 0.05) is 12.7 Å². The van der Waals surface area contributed by atoms with E-state index in [1.807, 2.05) is 18.3 Å². The Balaban J connectivity index is 1.69. The summed E-state index contributed by atoms with van der Waals surface area (Å²) in [5.41, 5.74) is 0.812. The van der Waals surface area contributed by atoms with Crippen molar-refractivity contribution in [3.63, 3.8) is 0 Å². The van der Waals surface area contributed by atoms with Gasteiger partial charge in [-0.15, -0.1) is 5.10 Å². The third kappa shape index (κ3) is 2.35. The zero-order chi connectivity index (χ0) is 12.5. The molecule has 0 bridgehead atoms. The zero-order valence-electron chi connectivity index (χ0n) is 9.88. The number of hydrogen-bond acceptors (Lipinski definition) is 4. The molecule has 2 heterocycles. The fraction of sp³-hybridized carbons (Fsp3) is 0.500. The quantitative estimate of drug-likeness (QED) is 0.911. The van der Waals surface area contributed by atoms with Crippen molar-refractivity contribution in [2.75, 3.05) is 11.9 Å². The largest absolute Gasteiger partial charge is 0.393 e. The first-order valence-electron chi connectivity index (χ1n) is 6.15. The maximum Gasteiger partial charge on any atom is 0.243 e. The summed E-state index contributed by atoms with van der Waals surface area (Å²) in [6.07, 6.45) is 4.61. The Morgan fingerprint density at radius 3 is 3.11 bits per heavy atom. The van der Waals surface area contributed by atoms with E-state index < -0.39 is 0 Å². The van der Waals surface area contributed by atoms with Crippen LogP contribution in [0.25, 0.3) is 5.65 Å². The van der Waals surface area contributed by atoms with Crippen LogP contribution >= 0.6 is 15.9 Å². The van der Waals surface area contributed by atoms with Gasteiger partial charge < -0.3 is 10.4 Å². The van der Waals surface area contributed by atoms with E-state index in [0.29, 0.717) is 11.9 Å². The molecule has 0 spiro atoms. The number of nitrogens with zero attached hydrogens (tertiary/aromatic N) is 3. The van der Waals surface area contributed by atoms with Crippen LogP contribution in [0.4, 0.5) is 5.95 Å². The molecule has 2 aromatic heterocycles. The molecular weight excluding hydrogens is 296 g/mol. The molecule has 2 unspecified atom stereocenters. The van der Waals surface area contributed by atoms with Crippen LogP contribution < -0.4 is 5.32 Å². The van der Waals surface area contributed by atoms with Crippen LogP contribution in [0.5, 0.6) is 0 Å². The number of halogens is 1. The summed E-state index contributed by atoms with van der Waals surface area (Å²) >= 11 is 3.45. The minimum Gasteiger partial charge on any atom is -0.393 e. The number of nitrogens with one attached hydrogen (secondary N) is 1. The first-order valence-corrected chi connectivity index (χ1v) is 6.94. The second-order valence-electron chi connectivity index (χ2n) is 4.77. The lowest BCUT2D eigenvalue weighted by molar-refractivity contribution is 0.178. The predicted molar refractivity (Wildman–Crippen MR) is 72.5 cm³/mol. The third-order valence-corrected chi connectivity index (χ3v) is 4.00. The summed E-state index contributed by atoms with van der Waals surface area (Å²) in [5, 5.41) is 17.1. The normalized spacial score (nSPS) is 23.7. The van der Waals surface area contributed by atoms with Gasteiger partial charge in [-0.1, -0.05) is 0 Å². The molecule has 5 nitrogen and oxygen atoms in total. The van der Waals surface area contributed by atoms with Crippen molar-refractivity contribution in [3.05, 3.63) is 22.8 Å². The van der Waals surface area contributed by atoms with Gasteiger partial charge in [-0.2, -0.15) is 4.98 Å². The van der Waals surface area contributed by atoms with Crippen molar-refractivity contribution in [2.24, 2.45) is 5.92 Å². The van der Waals surface area contributed by atoms with Crippen molar-refractivity contribution in [1.82, 2.24) is 14.6 Å². The Morgan fingerprint density at radius 1 is 1.50 bits per heavy atom. The molecule has 1 saturated carbocycles.